The SMILES string of the molecule is CCC(NCc1occc1C)C1CCCO1. The van der Waals surface area contributed by atoms with Crippen LogP contribution in [0, 0.1) is 6.92 Å². The van der Waals surface area contributed by atoms with E-state index >= 15 is 0 Å². The van der Waals surface area contributed by atoms with Gasteiger partial charge in [0, 0.05) is 12.6 Å². The highest BCUT2D eigenvalue weighted by atomic mass is 16.5. The van der Waals surface area contributed by atoms with Gasteiger partial charge in [0.15, 0.2) is 0 Å². The molecule has 0 amide bonds. The van der Waals surface area contributed by atoms with Crippen LogP contribution < -0.4 is 5.32 Å². The molecule has 2 unspecified atom stereocenters. The first-order valence-electron chi connectivity index (χ1n) is 6.19. The van der Waals surface area contributed by atoms with E-state index in [0.29, 0.717) is 12.1 Å². The second kappa shape index (κ2) is 5.51. The molecule has 16 heavy (non-hydrogen) atoms. The molecule has 0 spiro atoms. The lowest BCUT2D eigenvalue weighted by Crippen LogP contribution is -2.38. The van der Waals surface area contributed by atoms with Crippen LogP contribution in [0.4, 0.5) is 0 Å². The highest BCUT2D eigenvalue weighted by Crippen LogP contribution is 2.18. The van der Waals surface area contributed by atoms with Gasteiger partial charge in [-0.15, -0.1) is 0 Å². The minimum atomic E-state index is 0.389. The standard InChI is InChI=1S/C13H21NO2/c1-3-11(12-5-4-7-15-12)14-9-13-10(2)6-8-16-13/h6,8,11-12,14H,3-5,7,9H2,1-2H3. The Morgan fingerprint density at radius 1 is 1.56 bits per heavy atom. The molecule has 0 bridgehead atoms. The van der Waals surface area contributed by atoms with E-state index in [9.17, 15) is 0 Å². The molecule has 1 N–H and O–H groups in total. The average Bonchev–Trinajstić information content (AvgIpc) is 2.92. The first-order valence-corrected chi connectivity index (χ1v) is 6.19. The summed E-state index contributed by atoms with van der Waals surface area (Å²) in [6, 6.07) is 2.45. The Balaban J connectivity index is 1.85. The molecule has 0 radical (unpaired) electrons. The van der Waals surface area contributed by atoms with Gasteiger partial charge >= 0.3 is 0 Å². The average molecular weight is 223 g/mol. The number of furan rings is 1. The fraction of sp³-hybridized carbons (Fsp3) is 0.692. The van der Waals surface area contributed by atoms with Crippen molar-refractivity contribution in [2.24, 2.45) is 0 Å². The first kappa shape index (κ1) is 11.7. The zero-order valence-electron chi connectivity index (χ0n) is 10.2. The normalized spacial score (nSPS) is 22.5. The van der Waals surface area contributed by atoms with Crippen LogP contribution in [0.1, 0.15) is 37.5 Å². The summed E-state index contributed by atoms with van der Waals surface area (Å²) in [5, 5.41) is 3.54. The molecule has 1 fully saturated rings. The topological polar surface area (TPSA) is 34.4 Å². The summed E-state index contributed by atoms with van der Waals surface area (Å²) in [7, 11) is 0. The van der Waals surface area contributed by atoms with E-state index in [4.69, 9.17) is 9.15 Å². The number of aryl methyl sites for hydroxylation is 1. The fourth-order valence-electron chi connectivity index (χ4n) is 2.27. The number of ether oxygens (including phenoxy) is 1. The van der Waals surface area contributed by atoms with Gasteiger partial charge in [-0.3, -0.25) is 0 Å². The smallest absolute Gasteiger partial charge is 0.120 e. The van der Waals surface area contributed by atoms with E-state index in [1.165, 1.54) is 18.4 Å². The first-order chi connectivity index (χ1) is 7.81. The van der Waals surface area contributed by atoms with Gasteiger partial charge in [0.05, 0.1) is 18.9 Å². The lowest BCUT2D eigenvalue weighted by Gasteiger charge is -2.22. The lowest BCUT2D eigenvalue weighted by molar-refractivity contribution is 0.0758. The van der Waals surface area contributed by atoms with E-state index in [2.05, 4.69) is 19.2 Å². The summed E-state index contributed by atoms with van der Waals surface area (Å²) >= 11 is 0. The molecule has 3 heteroatoms. The van der Waals surface area contributed by atoms with Gasteiger partial charge < -0.3 is 14.5 Å². The molecule has 1 aliphatic rings. The van der Waals surface area contributed by atoms with Crippen molar-refractivity contribution in [3.8, 4) is 0 Å². The number of hydrogen-bond donors (Lipinski definition) is 1. The molecule has 0 saturated carbocycles. The minimum absolute atomic E-state index is 0.389. The maximum Gasteiger partial charge on any atom is 0.120 e. The van der Waals surface area contributed by atoms with Crippen molar-refractivity contribution in [2.45, 2.75) is 51.8 Å². The lowest BCUT2D eigenvalue weighted by atomic mass is 10.1. The van der Waals surface area contributed by atoms with Gasteiger partial charge in [-0.2, -0.15) is 0 Å². The van der Waals surface area contributed by atoms with Crippen LogP contribution in [0.3, 0.4) is 0 Å². The third-order valence-electron chi connectivity index (χ3n) is 3.35. The predicted molar refractivity (Wildman–Crippen MR) is 63.3 cm³/mol. The van der Waals surface area contributed by atoms with E-state index in [1.54, 1.807) is 6.26 Å². The van der Waals surface area contributed by atoms with E-state index in [0.717, 1.165) is 25.3 Å². The predicted octanol–water partition coefficient (Wildman–Crippen LogP) is 2.64. The molecular weight excluding hydrogens is 202 g/mol. The van der Waals surface area contributed by atoms with E-state index < -0.39 is 0 Å². The van der Waals surface area contributed by atoms with Crippen LogP contribution in [-0.4, -0.2) is 18.8 Å². The van der Waals surface area contributed by atoms with Crippen molar-refractivity contribution in [1.82, 2.24) is 5.32 Å². The van der Waals surface area contributed by atoms with Gasteiger partial charge in [-0.05, 0) is 37.8 Å². The Labute approximate surface area is 97.2 Å². The quantitative estimate of drug-likeness (QED) is 0.833. The zero-order chi connectivity index (χ0) is 11.4. The van der Waals surface area contributed by atoms with Gasteiger partial charge in [0.1, 0.15) is 5.76 Å². The summed E-state index contributed by atoms with van der Waals surface area (Å²) in [6.45, 7) is 6.00. The second-order valence-corrected chi connectivity index (χ2v) is 4.47. The molecule has 1 saturated heterocycles. The molecule has 2 heterocycles. The van der Waals surface area contributed by atoms with Crippen molar-refractivity contribution < 1.29 is 9.15 Å². The molecule has 1 aliphatic heterocycles. The Bertz CT molecular complexity index is 315. The molecular formula is C13H21NO2. The van der Waals surface area contributed by atoms with Crippen LogP contribution in [0.15, 0.2) is 16.7 Å². The summed E-state index contributed by atoms with van der Waals surface area (Å²) in [6.07, 6.45) is 5.62. The summed E-state index contributed by atoms with van der Waals surface area (Å²) in [5.41, 5.74) is 1.22. The third-order valence-corrected chi connectivity index (χ3v) is 3.35. The summed E-state index contributed by atoms with van der Waals surface area (Å²) in [5.74, 6) is 1.04. The van der Waals surface area contributed by atoms with Crippen molar-refractivity contribution in [2.75, 3.05) is 6.61 Å². The molecule has 1 aromatic rings. The highest BCUT2D eigenvalue weighted by molar-refractivity contribution is 5.14. The molecule has 3 nitrogen and oxygen atoms in total. The number of rotatable bonds is 5. The van der Waals surface area contributed by atoms with Crippen molar-refractivity contribution in [3.05, 3.63) is 23.7 Å². The third kappa shape index (κ3) is 2.66. The number of hydrogen-bond acceptors (Lipinski definition) is 3. The second-order valence-electron chi connectivity index (χ2n) is 4.47. The maximum atomic E-state index is 5.71. The van der Waals surface area contributed by atoms with Gasteiger partial charge in [-0.25, -0.2) is 0 Å². The summed E-state index contributed by atoms with van der Waals surface area (Å²) < 4.78 is 11.1. The van der Waals surface area contributed by atoms with Crippen molar-refractivity contribution in [3.63, 3.8) is 0 Å². The molecule has 2 rings (SSSR count). The molecule has 1 aromatic heterocycles. The molecule has 0 aromatic carbocycles. The molecule has 90 valence electrons. The Morgan fingerprint density at radius 3 is 3.00 bits per heavy atom. The largest absolute Gasteiger partial charge is 0.468 e. The molecule has 0 aliphatic carbocycles. The van der Waals surface area contributed by atoms with Crippen LogP contribution in [0.5, 0.6) is 0 Å². The Kier molecular flexibility index (Phi) is 4.02. The van der Waals surface area contributed by atoms with Crippen molar-refractivity contribution >= 4 is 0 Å². The Morgan fingerprint density at radius 2 is 2.44 bits per heavy atom. The van der Waals surface area contributed by atoms with E-state index in [-0.39, 0.29) is 0 Å². The van der Waals surface area contributed by atoms with Gasteiger partial charge in [-0.1, -0.05) is 6.92 Å². The van der Waals surface area contributed by atoms with Crippen LogP contribution in [-0.2, 0) is 11.3 Å². The molecule has 2 atom stereocenters. The van der Waals surface area contributed by atoms with Crippen LogP contribution >= 0.6 is 0 Å². The van der Waals surface area contributed by atoms with E-state index in [1.807, 2.05) is 6.07 Å². The maximum absolute atomic E-state index is 5.71. The Hall–Kier alpha value is -0.800. The van der Waals surface area contributed by atoms with Crippen molar-refractivity contribution in [1.29, 1.82) is 0 Å². The van der Waals surface area contributed by atoms with Crippen LogP contribution in [0.2, 0.25) is 0 Å². The number of nitrogens with one attached hydrogen (secondary N) is 1. The zero-order valence-corrected chi connectivity index (χ0v) is 10.2. The monoisotopic (exact) mass is 223 g/mol. The van der Waals surface area contributed by atoms with Gasteiger partial charge in [0.25, 0.3) is 0 Å². The minimum Gasteiger partial charge on any atom is -0.468 e. The van der Waals surface area contributed by atoms with Crippen LogP contribution in [0.25, 0.3) is 0 Å². The van der Waals surface area contributed by atoms with Gasteiger partial charge in [0.2, 0.25) is 0 Å². The summed E-state index contributed by atoms with van der Waals surface area (Å²) in [4.78, 5) is 0. The highest BCUT2D eigenvalue weighted by Gasteiger charge is 2.24. The fourth-order valence-corrected chi connectivity index (χ4v) is 2.27.